The molecule has 3 rings (SSSR count). The normalized spacial score (nSPS) is 10.7. The van der Waals surface area contributed by atoms with Gasteiger partial charge in [0.05, 0.1) is 23.9 Å². The zero-order valence-corrected chi connectivity index (χ0v) is 22.6. The summed E-state index contributed by atoms with van der Waals surface area (Å²) in [5.41, 5.74) is 5.85. The number of hydrogen-bond donors (Lipinski definition) is 2. The predicted molar refractivity (Wildman–Crippen MR) is 147 cm³/mol. The highest BCUT2D eigenvalue weighted by Gasteiger charge is 2.13. The van der Waals surface area contributed by atoms with E-state index in [-0.39, 0.29) is 6.42 Å². The minimum Gasteiger partial charge on any atom is -0.494 e. The minimum atomic E-state index is -0.540. The summed E-state index contributed by atoms with van der Waals surface area (Å²) in [6.07, 6.45) is 1.10. The summed E-state index contributed by atoms with van der Waals surface area (Å²) in [7, 11) is 0. The van der Waals surface area contributed by atoms with E-state index in [1.807, 2.05) is 45.0 Å². The number of rotatable bonds is 12. The van der Waals surface area contributed by atoms with Gasteiger partial charge < -0.3 is 19.5 Å². The van der Waals surface area contributed by atoms with Crippen LogP contribution in [-0.2, 0) is 16.2 Å². The van der Waals surface area contributed by atoms with Gasteiger partial charge in [-0.15, -0.1) is 0 Å². The summed E-state index contributed by atoms with van der Waals surface area (Å²) in [5.74, 6) is 0.841. The van der Waals surface area contributed by atoms with Crippen LogP contribution in [-0.4, -0.2) is 31.2 Å². The second kappa shape index (κ2) is 14.0. The maximum Gasteiger partial charge on any atom is 0.249 e. The molecule has 0 heterocycles. The Labute approximate surface area is 225 Å². The van der Waals surface area contributed by atoms with Gasteiger partial charge in [-0.2, -0.15) is 5.10 Å². The zero-order chi connectivity index (χ0) is 26.6. The number of hydrogen-bond acceptors (Lipinski definition) is 6. The lowest BCUT2D eigenvalue weighted by atomic mass is 10.2. The van der Waals surface area contributed by atoms with E-state index in [2.05, 4.69) is 31.8 Å². The van der Waals surface area contributed by atoms with Gasteiger partial charge in [-0.05, 0) is 84.2 Å². The molecule has 9 heteroatoms. The molecule has 0 bridgehead atoms. The molecule has 3 aromatic rings. The lowest BCUT2D eigenvalue weighted by Crippen LogP contribution is -2.24. The van der Waals surface area contributed by atoms with Crippen LogP contribution in [0.1, 0.15) is 37.0 Å². The molecular formula is C28H30BrN3O5. The Kier molecular flexibility index (Phi) is 10.5. The predicted octanol–water partition coefficient (Wildman–Crippen LogP) is 5.61. The van der Waals surface area contributed by atoms with E-state index in [1.165, 1.54) is 11.8 Å². The number of halogens is 1. The Bertz CT molecular complexity index is 1230. The van der Waals surface area contributed by atoms with Crippen LogP contribution in [0.3, 0.4) is 0 Å². The quantitative estimate of drug-likeness (QED) is 0.168. The fourth-order valence-electron chi connectivity index (χ4n) is 3.28. The van der Waals surface area contributed by atoms with Crippen LogP contribution >= 0.6 is 15.9 Å². The average molecular weight is 568 g/mol. The van der Waals surface area contributed by atoms with E-state index in [0.717, 1.165) is 5.56 Å². The van der Waals surface area contributed by atoms with Gasteiger partial charge in [-0.25, -0.2) is 5.43 Å². The minimum absolute atomic E-state index is 0.371. The monoisotopic (exact) mass is 567 g/mol. The van der Waals surface area contributed by atoms with E-state index >= 15 is 0 Å². The number of aryl methyl sites for hydroxylation is 1. The molecule has 194 valence electrons. The standard InChI is InChI=1S/C28H30BrN3O5/c1-4-35-23-12-10-22(11-13-23)31-26(33)16-27(34)32-30-17-21-14-24(29)28(25(15-21)36-5-2)37-18-20-8-6-19(3)7-9-20/h6-15,17H,4-5,16,18H2,1-3H3,(H,31,33)(H,32,34). The van der Waals surface area contributed by atoms with E-state index in [4.69, 9.17) is 14.2 Å². The van der Waals surface area contributed by atoms with Crippen molar-refractivity contribution >= 4 is 39.6 Å². The second-order valence-electron chi connectivity index (χ2n) is 8.01. The number of hydrazone groups is 1. The van der Waals surface area contributed by atoms with E-state index in [1.54, 1.807) is 36.4 Å². The van der Waals surface area contributed by atoms with Crippen molar-refractivity contribution in [1.82, 2.24) is 5.43 Å². The first-order chi connectivity index (χ1) is 17.9. The molecule has 0 aliphatic heterocycles. The van der Waals surface area contributed by atoms with Crippen molar-refractivity contribution in [3.05, 3.63) is 81.8 Å². The van der Waals surface area contributed by atoms with Gasteiger partial charge in [0.25, 0.3) is 0 Å². The summed E-state index contributed by atoms with van der Waals surface area (Å²) < 4.78 is 17.8. The first kappa shape index (κ1) is 27.7. The molecule has 8 nitrogen and oxygen atoms in total. The molecule has 0 aromatic heterocycles. The summed E-state index contributed by atoms with van der Waals surface area (Å²) in [4.78, 5) is 24.3. The van der Waals surface area contributed by atoms with Gasteiger partial charge in [-0.1, -0.05) is 29.8 Å². The second-order valence-corrected chi connectivity index (χ2v) is 8.87. The molecule has 0 unspecified atom stereocenters. The number of anilines is 1. The van der Waals surface area contributed by atoms with Crippen molar-refractivity contribution < 1.29 is 23.8 Å². The molecule has 37 heavy (non-hydrogen) atoms. The SMILES string of the molecule is CCOc1ccc(NC(=O)CC(=O)NN=Cc2cc(Br)c(OCc3ccc(C)cc3)c(OCC)c2)cc1. The Morgan fingerprint density at radius 1 is 0.919 bits per heavy atom. The highest BCUT2D eigenvalue weighted by atomic mass is 79.9. The topological polar surface area (TPSA) is 98.2 Å². The lowest BCUT2D eigenvalue weighted by molar-refractivity contribution is -0.126. The molecule has 0 aliphatic carbocycles. The fourth-order valence-corrected chi connectivity index (χ4v) is 3.85. The largest absolute Gasteiger partial charge is 0.494 e. The maximum atomic E-state index is 12.2. The molecule has 0 aliphatic rings. The molecule has 0 radical (unpaired) electrons. The van der Waals surface area contributed by atoms with Gasteiger partial charge in [0.15, 0.2) is 11.5 Å². The molecule has 0 saturated carbocycles. The van der Waals surface area contributed by atoms with E-state index < -0.39 is 11.8 Å². The van der Waals surface area contributed by atoms with Crippen molar-refractivity contribution in [2.75, 3.05) is 18.5 Å². The number of ether oxygens (including phenoxy) is 3. The highest BCUT2D eigenvalue weighted by Crippen LogP contribution is 2.37. The zero-order valence-electron chi connectivity index (χ0n) is 21.0. The smallest absolute Gasteiger partial charge is 0.249 e. The lowest BCUT2D eigenvalue weighted by Gasteiger charge is -2.15. The molecule has 0 fully saturated rings. The third-order valence-corrected chi connectivity index (χ3v) is 5.60. The summed E-state index contributed by atoms with van der Waals surface area (Å²) in [5, 5.41) is 6.64. The van der Waals surface area contributed by atoms with Gasteiger partial charge in [0, 0.05) is 5.69 Å². The number of benzene rings is 3. The Balaban J connectivity index is 1.55. The molecule has 3 aromatic carbocycles. The molecule has 2 amide bonds. The van der Waals surface area contributed by atoms with Gasteiger partial charge >= 0.3 is 0 Å². The first-order valence-electron chi connectivity index (χ1n) is 11.9. The summed E-state index contributed by atoms with van der Waals surface area (Å²) in [6.45, 7) is 7.22. The van der Waals surface area contributed by atoms with Gasteiger partial charge in [-0.3, -0.25) is 9.59 Å². The summed E-state index contributed by atoms with van der Waals surface area (Å²) in [6, 6.07) is 18.6. The van der Waals surface area contributed by atoms with Crippen LogP contribution in [0.25, 0.3) is 0 Å². The Morgan fingerprint density at radius 3 is 2.30 bits per heavy atom. The molecule has 0 spiro atoms. The molecule has 0 atom stereocenters. The molecule has 0 saturated heterocycles. The van der Waals surface area contributed by atoms with Crippen LogP contribution in [0.4, 0.5) is 5.69 Å². The molecule has 2 N–H and O–H groups in total. The number of nitrogens with zero attached hydrogens (tertiary/aromatic N) is 1. The first-order valence-corrected chi connectivity index (χ1v) is 12.7. The fraction of sp³-hybridized carbons (Fsp3) is 0.250. The van der Waals surface area contributed by atoms with Crippen LogP contribution < -0.4 is 25.0 Å². The highest BCUT2D eigenvalue weighted by molar-refractivity contribution is 9.10. The van der Waals surface area contributed by atoms with Crippen LogP contribution in [0.5, 0.6) is 17.2 Å². The third kappa shape index (κ3) is 8.95. The van der Waals surface area contributed by atoms with Gasteiger partial charge in [0.2, 0.25) is 11.8 Å². The van der Waals surface area contributed by atoms with Crippen molar-refractivity contribution in [3.8, 4) is 17.2 Å². The maximum absolute atomic E-state index is 12.2. The number of carbonyl (C=O) groups excluding carboxylic acids is 2. The van der Waals surface area contributed by atoms with Crippen molar-refractivity contribution in [1.29, 1.82) is 0 Å². The third-order valence-electron chi connectivity index (χ3n) is 5.01. The number of carbonyl (C=O) groups is 2. The van der Waals surface area contributed by atoms with Crippen LogP contribution in [0, 0.1) is 6.92 Å². The summed E-state index contributed by atoms with van der Waals surface area (Å²) >= 11 is 3.54. The van der Waals surface area contributed by atoms with Gasteiger partial charge in [0.1, 0.15) is 18.8 Å². The van der Waals surface area contributed by atoms with E-state index in [9.17, 15) is 9.59 Å². The Hall–Kier alpha value is -3.85. The van der Waals surface area contributed by atoms with E-state index in [0.29, 0.717) is 52.8 Å². The van der Waals surface area contributed by atoms with Crippen molar-refractivity contribution in [2.24, 2.45) is 5.10 Å². The number of amides is 2. The van der Waals surface area contributed by atoms with Crippen molar-refractivity contribution in [3.63, 3.8) is 0 Å². The molecular weight excluding hydrogens is 538 g/mol. The van der Waals surface area contributed by atoms with Crippen LogP contribution in [0.2, 0.25) is 0 Å². The Morgan fingerprint density at radius 2 is 1.62 bits per heavy atom. The van der Waals surface area contributed by atoms with Crippen LogP contribution in [0.15, 0.2) is 70.2 Å². The average Bonchev–Trinajstić information content (AvgIpc) is 2.86. The number of nitrogens with one attached hydrogen (secondary N) is 2. The van der Waals surface area contributed by atoms with Crippen molar-refractivity contribution in [2.45, 2.75) is 33.8 Å².